The normalized spacial score (nSPS) is 16.1. The number of esters is 2. The van der Waals surface area contributed by atoms with Gasteiger partial charge in [-0.15, -0.1) is 0 Å². The standard InChI is InChI=1S/C36H30O16/c37-21-4-1-15(7-24(21)40)9-29(33(45)46)51-35(49)20-11-18-13-27(43)28(44)14-19(18)31(17-3-6-23(39)26(42)12-17)32(20)36(50)52-30(34(47)48)10-16-2-5-22(38)25(41)8-16/h1-8,11-14,29-32,37-44H,9-10H2,(H,45,46)(H,47,48)/t29-,30+,31-,32+/m1/s1. The summed E-state index contributed by atoms with van der Waals surface area (Å²) in [7, 11) is 0. The number of carboxylic acids is 2. The number of aromatic hydroxyl groups is 8. The molecule has 270 valence electrons. The number of carbonyl (C=O) groups excluding carboxylic acids is 2. The molecule has 10 N–H and O–H groups in total. The van der Waals surface area contributed by atoms with Crippen molar-refractivity contribution in [3.8, 4) is 46.0 Å². The first-order chi connectivity index (χ1) is 24.5. The summed E-state index contributed by atoms with van der Waals surface area (Å²) in [6.07, 6.45) is -3.95. The molecule has 0 fully saturated rings. The van der Waals surface area contributed by atoms with E-state index in [9.17, 15) is 70.2 Å². The number of hydrogen-bond acceptors (Lipinski definition) is 14. The van der Waals surface area contributed by atoms with Crippen molar-refractivity contribution in [2.24, 2.45) is 5.92 Å². The molecule has 5 rings (SSSR count). The van der Waals surface area contributed by atoms with Crippen molar-refractivity contribution in [2.75, 3.05) is 0 Å². The van der Waals surface area contributed by atoms with Gasteiger partial charge in [-0.05, 0) is 82.4 Å². The second kappa shape index (κ2) is 14.4. The predicted octanol–water partition coefficient (Wildman–Crippen LogP) is 2.95. The van der Waals surface area contributed by atoms with E-state index in [0.29, 0.717) is 0 Å². The Morgan fingerprint density at radius 2 is 1.02 bits per heavy atom. The fraction of sp³-hybridized carbons (Fsp3) is 0.167. The third-order valence-electron chi connectivity index (χ3n) is 8.32. The minimum absolute atomic E-state index is 0.00618. The number of carboxylic acid groups (broad SMARTS) is 2. The lowest BCUT2D eigenvalue weighted by Gasteiger charge is -2.33. The van der Waals surface area contributed by atoms with E-state index in [0.717, 1.165) is 54.6 Å². The fourth-order valence-electron chi connectivity index (χ4n) is 5.76. The summed E-state index contributed by atoms with van der Waals surface area (Å²) in [6, 6.07) is 12.1. The number of carbonyl (C=O) groups is 4. The monoisotopic (exact) mass is 718 g/mol. The summed E-state index contributed by atoms with van der Waals surface area (Å²) < 4.78 is 10.8. The average molecular weight is 719 g/mol. The average Bonchev–Trinajstić information content (AvgIpc) is 3.08. The Labute approximate surface area is 292 Å². The Kier molecular flexibility index (Phi) is 10.0. The van der Waals surface area contributed by atoms with E-state index >= 15 is 0 Å². The quantitative estimate of drug-likeness (QED) is 0.0788. The van der Waals surface area contributed by atoms with E-state index in [1.54, 1.807) is 0 Å². The maximum atomic E-state index is 14.2. The van der Waals surface area contributed by atoms with Gasteiger partial charge in [-0.1, -0.05) is 18.2 Å². The van der Waals surface area contributed by atoms with E-state index in [4.69, 9.17) is 9.47 Å². The first-order valence-electron chi connectivity index (χ1n) is 15.2. The second-order valence-electron chi connectivity index (χ2n) is 11.8. The van der Waals surface area contributed by atoms with Gasteiger partial charge in [0.15, 0.2) is 46.0 Å². The van der Waals surface area contributed by atoms with Gasteiger partial charge in [0.1, 0.15) is 0 Å². The molecule has 0 bridgehead atoms. The Balaban J connectivity index is 1.61. The maximum Gasteiger partial charge on any atom is 0.345 e. The predicted molar refractivity (Wildman–Crippen MR) is 175 cm³/mol. The van der Waals surface area contributed by atoms with Crippen molar-refractivity contribution in [1.82, 2.24) is 0 Å². The summed E-state index contributed by atoms with van der Waals surface area (Å²) in [5, 5.41) is 100. The third-order valence-corrected chi connectivity index (χ3v) is 8.32. The zero-order valence-corrected chi connectivity index (χ0v) is 26.6. The highest BCUT2D eigenvalue weighted by Gasteiger charge is 2.45. The smallest absolute Gasteiger partial charge is 0.345 e. The van der Waals surface area contributed by atoms with Crippen molar-refractivity contribution >= 4 is 30.0 Å². The molecule has 0 aromatic heterocycles. The van der Waals surface area contributed by atoms with Crippen LogP contribution in [0.3, 0.4) is 0 Å². The Bertz CT molecular complexity index is 2120. The van der Waals surface area contributed by atoms with Crippen LogP contribution in [0.1, 0.15) is 33.7 Å². The SMILES string of the molecule is O=C(O[C@H](Cc1ccc(O)c(O)c1)C(=O)O)C1=Cc2cc(O)c(O)cc2[C@@H](c2ccc(O)c(O)c2)[C@H]1C(=O)O[C@@H](Cc1ccc(O)c(O)c1)C(=O)O. The van der Waals surface area contributed by atoms with Crippen LogP contribution in [-0.2, 0) is 41.5 Å². The minimum atomic E-state index is -1.97. The largest absolute Gasteiger partial charge is 0.504 e. The highest BCUT2D eigenvalue weighted by molar-refractivity contribution is 6.03. The molecule has 0 aliphatic heterocycles. The molecule has 0 saturated heterocycles. The molecular formula is C36H30O16. The number of aliphatic carboxylic acids is 2. The molecule has 16 heteroatoms. The van der Waals surface area contributed by atoms with E-state index < -0.39 is 112 Å². The molecule has 0 amide bonds. The summed E-state index contributed by atoms with van der Waals surface area (Å²) in [4.78, 5) is 52.7. The summed E-state index contributed by atoms with van der Waals surface area (Å²) in [5.41, 5.74) is -0.309. The second-order valence-corrected chi connectivity index (χ2v) is 11.8. The molecule has 0 saturated carbocycles. The lowest BCUT2D eigenvalue weighted by atomic mass is 9.71. The van der Waals surface area contributed by atoms with Crippen molar-refractivity contribution in [2.45, 2.75) is 31.0 Å². The first kappa shape index (κ1) is 36.2. The zero-order chi connectivity index (χ0) is 38.0. The highest BCUT2D eigenvalue weighted by atomic mass is 16.6. The number of phenolic OH excluding ortho intramolecular Hbond substituents is 8. The van der Waals surface area contributed by atoms with Gasteiger partial charge in [-0.25, -0.2) is 14.4 Å². The van der Waals surface area contributed by atoms with Crippen molar-refractivity contribution in [3.05, 3.63) is 100 Å². The summed E-state index contributed by atoms with van der Waals surface area (Å²) >= 11 is 0. The van der Waals surface area contributed by atoms with Gasteiger partial charge in [0.05, 0.1) is 11.5 Å². The van der Waals surface area contributed by atoms with Crippen LogP contribution in [0.4, 0.5) is 0 Å². The Hall–Kier alpha value is -7.10. The number of rotatable bonds is 11. The van der Waals surface area contributed by atoms with Gasteiger partial charge in [-0.3, -0.25) is 4.79 Å². The molecule has 52 heavy (non-hydrogen) atoms. The lowest BCUT2D eigenvalue weighted by molar-refractivity contribution is -0.168. The zero-order valence-electron chi connectivity index (χ0n) is 26.6. The van der Waals surface area contributed by atoms with Gasteiger partial charge in [-0.2, -0.15) is 0 Å². The van der Waals surface area contributed by atoms with Crippen LogP contribution in [0.25, 0.3) is 6.08 Å². The van der Waals surface area contributed by atoms with E-state index in [1.165, 1.54) is 18.2 Å². The van der Waals surface area contributed by atoms with E-state index in [2.05, 4.69) is 0 Å². The molecule has 4 aromatic carbocycles. The maximum absolute atomic E-state index is 14.2. The van der Waals surface area contributed by atoms with Crippen LogP contribution in [0.15, 0.2) is 72.3 Å². The lowest BCUT2D eigenvalue weighted by Crippen LogP contribution is -2.39. The molecule has 4 atom stereocenters. The summed E-state index contributed by atoms with van der Waals surface area (Å²) in [6.45, 7) is 0. The Morgan fingerprint density at radius 3 is 1.52 bits per heavy atom. The molecule has 1 aliphatic carbocycles. The first-order valence-corrected chi connectivity index (χ1v) is 15.2. The highest BCUT2D eigenvalue weighted by Crippen LogP contribution is 2.48. The summed E-state index contributed by atoms with van der Waals surface area (Å²) in [5.74, 6) is -14.2. The number of hydrogen-bond donors (Lipinski definition) is 10. The topological polar surface area (TPSA) is 289 Å². The van der Waals surface area contributed by atoms with Crippen molar-refractivity contribution in [1.29, 1.82) is 0 Å². The van der Waals surface area contributed by atoms with Crippen LogP contribution in [0, 0.1) is 5.92 Å². The van der Waals surface area contributed by atoms with Gasteiger partial charge >= 0.3 is 23.9 Å². The van der Waals surface area contributed by atoms with Crippen LogP contribution < -0.4 is 0 Å². The fourth-order valence-corrected chi connectivity index (χ4v) is 5.76. The molecule has 1 aliphatic rings. The molecule has 0 radical (unpaired) electrons. The number of fused-ring (bicyclic) bond motifs is 1. The molecule has 0 spiro atoms. The molecular weight excluding hydrogens is 688 g/mol. The number of phenols is 8. The van der Waals surface area contributed by atoms with Gasteiger partial charge in [0, 0.05) is 18.8 Å². The van der Waals surface area contributed by atoms with Gasteiger partial charge in [0.25, 0.3) is 0 Å². The minimum Gasteiger partial charge on any atom is -0.504 e. The Morgan fingerprint density at radius 1 is 0.558 bits per heavy atom. The van der Waals surface area contributed by atoms with Crippen LogP contribution in [-0.4, -0.2) is 87.2 Å². The molecule has 0 unspecified atom stereocenters. The van der Waals surface area contributed by atoms with Crippen LogP contribution in [0.2, 0.25) is 0 Å². The van der Waals surface area contributed by atoms with E-state index in [1.807, 2.05) is 0 Å². The van der Waals surface area contributed by atoms with E-state index in [-0.39, 0.29) is 27.8 Å². The van der Waals surface area contributed by atoms with Crippen molar-refractivity contribution in [3.63, 3.8) is 0 Å². The number of ether oxygens (including phenoxy) is 2. The van der Waals surface area contributed by atoms with Gasteiger partial charge in [0.2, 0.25) is 12.2 Å². The van der Waals surface area contributed by atoms with Crippen LogP contribution in [0.5, 0.6) is 46.0 Å². The van der Waals surface area contributed by atoms with Gasteiger partial charge < -0.3 is 60.5 Å². The van der Waals surface area contributed by atoms with Crippen molar-refractivity contribution < 1.29 is 79.7 Å². The molecule has 4 aromatic rings. The molecule has 16 nitrogen and oxygen atoms in total. The molecule has 0 heterocycles. The number of benzene rings is 4. The van der Waals surface area contributed by atoms with Crippen LogP contribution >= 0.6 is 0 Å². The third kappa shape index (κ3) is 7.55.